The van der Waals surface area contributed by atoms with Crippen LogP contribution in [0.3, 0.4) is 0 Å². The Morgan fingerprint density at radius 1 is 0.917 bits per heavy atom. The molecule has 2 unspecified atom stereocenters. The van der Waals surface area contributed by atoms with E-state index in [1.807, 2.05) is 61.0 Å². The van der Waals surface area contributed by atoms with Gasteiger partial charge in [0.15, 0.2) is 0 Å². The van der Waals surface area contributed by atoms with E-state index < -0.39 is 30.1 Å². The van der Waals surface area contributed by atoms with Crippen LogP contribution in [0.2, 0.25) is 0 Å². The Bertz CT molecular complexity index is 1500. The Balaban J connectivity index is 1.42. The minimum Gasteiger partial charge on any atom is -0.791 e. The van der Waals surface area contributed by atoms with Crippen LogP contribution in [-0.4, -0.2) is 39.9 Å². The predicted octanol–water partition coefficient (Wildman–Crippen LogP) is 3.87. The van der Waals surface area contributed by atoms with Crippen LogP contribution in [0.1, 0.15) is 11.6 Å². The maximum atomic E-state index is 13.3. The number of hydrogen-bond donors (Lipinski definition) is 1. The number of thioether (sulfide) groups is 2. The fraction of sp³-hybridized carbons (Fsp3) is 0.192. The second kappa shape index (κ2) is 9.79. The van der Waals surface area contributed by atoms with Crippen LogP contribution >= 0.6 is 23.5 Å². The fourth-order valence-electron chi connectivity index (χ4n) is 4.47. The van der Waals surface area contributed by atoms with Gasteiger partial charge in [0.05, 0.1) is 16.9 Å². The lowest BCUT2D eigenvalue weighted by atomic mass is 9.87. The van der Waals surface area contributed by atoms with Gasteiger partial charge in [0.2, 0.25) is 5.91 Å². The van der Waals surface area contributed by atoms with Crippen molar-refractivity contribution in [2.24, 2.45) is 0 Å². The van der Waals surface area contributed by atoms with Gasteiger partial charge in [-0.25, -0.2) is 4.68 Å². The number of nitrogens with zero attached hydrogens (tertiary/aromatic N) is 3. The lowest BCUT2D eigenvalue weighted by molar-refractivity contribution is -0.133. The molecule has 8 nitrogen and oxygen atoms in total. The summed E-state index contributed by atoms with van der Waals surface area (Å²) in [7, 11) is 0. The molecule has 1 N–H and O–H groups in total. The highest BCUT2D eigenvalue weighted by molar-refractivity contribution is 7.98. The number of carbonyl (C=O) groups is 2. The number of nitrogens with one attached hydrogen (secondary N) is 1. The normalized spacial score (nSPS) is 17.3. The highest BCUT2D eigenvalue weighted by Gasteiger charge is 2.49. The molecule has 36 heavy (non-hydrogen) atoms. The number of anilines is 1. The molecule has 2 amide bonds. The second-order valence-electron chi connectivity index (χ2n) is 8.32. The van der Waals surface area contributed by atoms with Gasteiger partial charge >= 0.3 is 0 Å². The van der Waals surface area contributed by atoms with Gasteiger partial charge in [-0.1, -0.05) is 24.3 Å². The number of para-hydroxylation sites is 1. The van der Waals surface area contributed by atoms with Gasteiger partial charge < -0.3 is 20.3 Å². The number of hydrogen-bond acceptors (Lipinski definition) is 6. The summed E-state index contributed by atoms with van der Waals surface area (Å²) in [6.07, 6.45) is 3.97. The van der Waals surface area contributed by atoms with E-state index in [4.69, 9.17) is 0 Å². The zero-order valence-electron chi connectivity index (χ0n) is 19.6. The van der Waals surface area contributed by atoms with E-state index in [1.165, 1.54) is 6.07 Å². The van der Waals surface area contributed by atoms with E-state index in [9.17, 15) is 19.6 Å². The zero-order chi connectivity index (χ0) is 25.4. The van der Waals surface area contributed by atoms with Crippen molar-refractivity contribution in [3.05, 3.63) is 93.9 Å². The van der Waals surface area contributed by atoms with Gasteiger partial charge in [0, 0.05) is 15.5 Å². The second-order valence-corrected chi connectivity index (χ2v) is 10.1. The highest BCUT2D eigenvalue weighted by atomic mass is 32.2. The summed E-state index contributed by atoms with van der Waals surface area (Å²) in [6.45, 7) is -0.485. The van der Waals surface area contributed by atoms with Crippen LogP contribution in [0.25, 0.3) is 10.9 Å². The number of aromatic nitrogens is 2. The molecule has 0 bridgehead atoms. The Morgan fingerprint density at radius 2 is 1.53 bits per heavy atom. The average molecular weight is 520 g/mol. The van der Waals surface area contributed by atoms with Crippen LogP contribution in [-0.2, 0) is 16.1 Å². The van der Waals surface area contributed by atoms with Crippen molar-refractivity contribution in [3.8, 4) is 0 Å². The Labute approximate surface area is 215 Å². The van der Waals surface area contributed by atoms with Gasteiger partial charge in [-0.05, 0) is 66.6 Å². The first-order valence-electron chi connectivity index (χ1n) is 11.2. The van der Waals surface area contributed by atoms with Crippen LogP contribution in [0.5, 0.6) is 0 Å². The molecular weight excluding hydrogens is 496 g/mol. The van der Waals surface area contributed by atoms with Crippen molar-refractivity contribution < 1.29 is 9.59 Å². The molecular formula is C26H23N4O4S2-. The molecule has 1 aliphatic heterocycles. The number of amides is 2. The summed E-state index contributed by atoms with van der Waals surface area (Å²) in [5, 5.41) is 15.6. The smallest absolute Gasteiger partial charge is 0.274 e. The van der Waals surface area contributed by atoms with Gasteiger partial charge in [0.25, 0.3) is 11.5 Å². The minimum atomic E-state index is -0.821. The maximum Gasteiger partial charge on any atom is 0.274 e. The average Bonchev–Trinajstić information content (AvgIpc) is 3.15. The first-order chi connectivity index (χ1) is 17.4. The molecule has 1 saturated heterocycles. The third kappa shape index (κ3) is 4.16. The summed E-state index contributed by atoms with van der Waals surface area (Å²) in [4.78, 5) is 43.1. The predicted molar refractivity (Wildman–Crippen MR) is 144 cm³/mol. The minimum absolute atomic E-state index is 0.196. The van der Waals surface area contributed by atoms with Gasteiger partial charge in [-0.3, -0.25) is 14.4 Å². The highest BCUT2D eigenvalue weighted by Crippen LogP contribution is 2.40. The maximum absolute atomic E-state index is 13.3. The van der Waals surface area contributed by atoms with Gasteiger partial charge in [0.1, 0.15) is 12.6 Å². The zero-order valence-corrected chi connectivity index (χ0v) is 21.2. The lowest BCUT2D eigenvalue weighted by Gasteiger charge is -2.47. The van der Waals surface area contributed by atoms with Crippen molar-refractivity contribution in [2.45, 2.75) is 28.4 Å². The van der Waals surface area contributed by atoms with Crippen molar-refractivity contribution in [2.75, 3.05) is 17.4 Å². The molecule has 3 aromatic carbocycles. The first-order valence-corrected chi connectivity index (χ1v) is 13.7. The largest absolute Gasteiger partial charge is 0.791 e. The van der Waals surface area contributed by atoms with Crippen molar-refractivity contribution in [1.29, 1.82) is 0 Å². The molecule has 184 valence electrons. The first kappa shape index (κ1) is 24.1. The number of fused-ring (bicyclic) bond motifs is 1. The third-order valence-corrected chi connectivity index (χ3v) is 7.80. The summed E-state index contributed by atoms with van der Waals surface area (Å²) in [5.41, 5.74) is 1.26. The molecule has 0 radical (unpaired) electrons. The van der Waals surface area contributed by atoms with Crippen LogP contribution in [0.15, 0.2) is 87.4 Å². The molecule has 5 rings (SSSR count). The lowest BCUT2D eigenvalue weighted by Crippen LogP contribution is -2.66. The summed E-state index contributed by atoms with van der Waals surface area (Å²) < 4.78 is 0.838. The van der Waals surface area contributed by atoms with Crippen molar-refractivity contribution in [3.63, 3.8) is 0 Å². The quantitative estimate of drug-likeness (QED) is 0.294. The van der Waals surface area contributed by atoms with Crippen LogP contribution < -0.4 is 15.8 Å². The van der Waals surface area contributed by atoms with E-state index in [2.05, 4.69) is 5.32 Å². The standard InChI is InChI=1S/C26H23N4O4S2/c1-35-18-11-7-16(8-12-18)24-23(26(33)29(24)17-9-13-19(36-2)14-10-17)27-22(31)15-28-25(32)20-5-3-4-6-21(20)30(28)34/h3-14,23-24H,15H2,1-2H3,(H,27,31)/q-1. The Morgan fingerprint density at radius 3 is 2.14 bits per heavy atom. The summed E-state index contributed by atoms with van der Waals surface area (Å²) in [6, 6.07) is 20.7. The summed E-state index contributed by atoms with van der Waals surface area (Å²) >= 11 is 3.23. The fourth-order valence-corrected chi connectivity index (χ4v) is 5.28. The molecule has 2 atom stereocenters. The number of β-lactam (4-membered cyclic amide) rings is 1. The SMILES string of the molecule is CSc1ccc(C2C(NC(=O)Cn3c(=O)c4ccccc4n3[O-])C(=O)N2c2ccc(SC)cc2)cc1. The molecule has 2 heterocycles. The third-order valence-electron chi connectivity index (χ3n) is 6.31. The van der Waals surface area contributed by atoms with Crippen LogP contribution in [0.4, 0.5) is 5.69 Å². The van der Waals surface area contributed by atoms with E-state index in [0.717, 1.165) is 25.7 Å². The molecule has 1 aromatic heterocycles. The Kier molecular flexibility index (Phi) is 6.55. The Hall–Kier alpha value is -3.63. The van der Waals surface area contributed by atoms with E-state index in [0.29, 0.717) is 4.85 Å². The number of benzene rings is 3. The molecule has 0 aliphatic carbocycles. The van der Waals surface area contributed by atoms with Gasteiger partial charge in [-0.15, -0.1) is 23.5 Å². The summed E-state index contributed by atoms with van der Waals surface area (Å²) in [5.74, 6) is -0.840. The molecule has 4 aromatic rings. The topological polar surface area (TPSA) is 99.4 Å². The van der Waals surface area contributed by atoms with E-state index in [1.54, 1.807) is 46.6 Å². The van der Waals surface area contributed by atoms with Gasteiger partial charge in [-0.2, -0.15) is 0 Å². The molecule has 0 saturated carbocycles. The molecule has 0 spiro atoms. The molecule has 1 aliphatic rings. The van der Waals surface area contributed by atoms with Crippen molar-refractivity contribution >= 4 is 51.9 Å². The number of rotatable bonds is 7. The van der Waals surface area contributed by atoms with Crippen LogP contribution in [0, 0.1) is 5.21 Å². The number of carbonyl (C=O) groups excluding carboxylic acids is 2. The van der Waals surface area contributed by atoms with E-state index >= 15 is 0 Å². The van der Waals surface area contributed by atoms with Crippen molar-refractivity contribution in [1.82, 2.24) is 14.8 Å². The molecule has 1 fully saturated rings. The van der Waals surface area contributed by atoms with E-state index in [-0.39, 0.29) is 16.8 Å². The molecule has 10 heteroatoms. The monoisotopic (exact) mass is 519 g/mol.